The van der Waals surface area contributed by atoms with Crippen molar-refractivity contribution in [3.63, 3.8) is 0 Å². The summed E-state index contributed by atoms with van der Waals surface area (Å²) in [7, 11) is 0. The second-order valence-corrected chi connectivity index (χ2v) is 14.0. The normalized spacial score (nSPS) is 14.2. The second kappa shape index (κ2) is 44.2. The van der Waals surface area contributed by atoms with E-state index in [1.54, 1.807) is 6.08 Å². The SMILES string of the molecule is CC/C=C\C/C=C\C/C=C\C/C=C\C/C=C\C/C=C\C/C=C\C/C=C\C/C=C\CCCCCCCC(=O)NC(CO)C(O)/C=C/CCCCCCCCC. The van der Waals surface area contributed by atoms with Gasteiger partial charge in [-0.15, -0.1) is 0 Å². The highest BCUT2D eigenvalue weighted by atomic mass is 16.3. The molecule has 0 aromatic heterocycles. The highest BCUT2D eigenvalue weighted by Crippen LogP contribution is 2.10. The standard InChI is InChI=1S/C50H81NO3/c1-3-5-7-9-11-13-14-15-16-17-18-19-20-21-22-23-24-25-26-27-28-29-30-31-32-33-34-35-36-38-40-42-44-46-50(54)51-48(47-52)49(53)45-43-41-39-37-12-10-8-6-4-2/h5,7,11,13,15-16,18-19,21-22,24-25,27-28,30-31,33-34,43,45,48-49,52-53H,3-4,6,8-10,12,14,17,20,23,26,29,32,35-42,44,46-47H2,1-2H3,(H,51,54)/b7-5-,13-11-,16-15-,19-18-,22-21-,25-24-,28-27-,31-30-,34-33-,45-43+. The van der Waals surface area contributed by atoms with Crippen LogP contribution >= 0.6 is 0 Å². The first-order chi connectivity index (χ1) is 26.7. The minimum atomic E-state index is -0.853. The number of unbranched alkanes of at least 4 members (excludes halogenated alkanes) is 12. The van der Waals surface area contributed by atoms with Gasteiger partial charge in [0.25, 0.3) is 0 Å². The highest BCUT2D eigenvalue weighted by molar-refractivity contribution is 5.76. The molecule has 0 bridgehead atoms. The Kier molecular flexibility index (Phi) is 41.6. The summed E-state index contributed by atoms with van der Waals surface area (Å²) in [5.41, 5.74) is 0. The zero-order valence-electron chi connectivity index (χ0n) is 34.7. The zero-order valence-corrected chi connectivity index (χ0v) is 34.7. The average molecular weight is 744 g/mol. The molecule has 0 heterocycles. The van der Waals surface area contributed by atoms with E-state index in [0.717, 1.165) is 96.3 Å². The van der Waals surface area contributed by atoms with E-state index in [4.69, 9.17) is 0 Å². The third-order valence-corrected chi connectivity index (χ3v) is 8.95. The number of rotatable bonds is 37. The van der Waals surface area contributed by atoms with Crippen LogP contribution in [0.2, 0.25) is 0 Å². The molecule has 2 atom stereocenters. The van der Waals surface area contributed by atoms with Crippen molar-refractivity contribution in [2.45, 2.75) is 180 Å². The van der Waals surface area contributed by atoms with E-state index in [1.807, 2.05) is 6.08 Å². The predicted octanol–water partition coefficient (Wildman–Crippen LogP) is 13.8. The van der Waals surface area contributed by atoms with E-state index in [2.05, 4.69) is 129 Å². The molecule has 3 N–H and O–H groups in total. The first-order valence-electron chi connectivity index (χ1n) is 21.7. The maximum Gasteiger partial charge on any atom is 0.220 e. The Hall–Kier alpha value is -3.21. The summed E-state index contributed by atoms with van der Waals surface area (Å²) in [6.45, 7) is 4.13. The minimum absolute atomic E-state index is 0.0926. The van der Waals surface area contributed by atoms with E-state index in [9.17, 15) is 15.0 Å². The van der Waals surface area contributed by atoms with Gasteiger partial charge in [0, 0.05) is 6.42 Å². The lowest BCUT2D eigenvalue weighted by atomic mass is 10.1. The molecule has 0 aliphatic heterocycles. The monoisotopic (exact) mass is 744 g/mol. The molecule has 0 spiro atoms. The molecule has 0 radical (unpaired) electrons. The van der Waals surface area contributed by atoms with Crippen molar-refractivity contribution in [3.8, 4) is 0 Å². The van der Waals surface area contributed by atoms with E-state index >= 15 is 0 Å². The first kappa shape index (κ1) is 50.8. The minimum Gasteiger partial charge on any atom is -0.394 e. The fourth-order valence-corrected chi connectivity index (χ4v) is 5.64. The van der Waals surface area contributed by atoms with Crippen molar-refractivity contribution < 1.29 is 15.0 Å². The van der Waals surface area contributed by atoms with Gasteiger partial charge in [0.15, 0.2) is 0 Å². The van der Waals surface area contributed by atoms with Crippen LogP contribution in [0.5, 0.6) is 0 Å². The molecular formula is C50H81NO3. The summed E-state index contributed by atoms with van der Waals surface area (Å²) in [5.74, 6) is -0.0926. The number of hydrogen-bond acceptors (Lipinski definition) is 3. The fraction of sp³-hybridized carbons (Fsp3) is 0.580. The number of amides is 1. The van der Waals surface area contributed by atoms with E-state index < -0.39 is 12.1 Å². The Morgan fingerprint density at radius 3 is 1.22 bits per heavy atom. The van der Waals surface area contributed by atoms with Crippen molar-refractivity contribution in [1.82, 2.24) is 5.32 Å². The number of hydrogen-bond donors (Lipinski definition) is 3. The first-order valence-corrected chi connectivity index (χ1v) is 21.7. The number of allylic oxidation sites excluding steroid dienone is 19. The molecule has 2 unspecified atom stereocenters. The van der Waals surface area contributed by atoms with E-state index in [1.165, 1.54) is 51.4 Å². The van der Waals surface area contributed by atoms with Gasteiger partial charge in [0.2, 0.25) is 5.91 Å². The maximum absolute atomic E-state index is 12.3. The molecule has 0 rings (SSSR count). The Labute approximate surface area is 333 Å². The van der Waals surface area contributed by atoms with Crippen LogP contribution in [0.4, 0.5) is 0 Å². The Balaban J connectivity index is 3.70. The van der Waals surface area contributed by atoms with Crippen molar-refractivity contribution >= 4 is 5.91 Å². The lowest BCUT2D eigenvalue weighted by Gasteiger charge is -2.20. The van der Waals surface area contributed by atoms with Crippen LogP contribution in [0.15, 0.2) is 122 Å². The van der Waals surface area contributed by atoms with Crippen molar-refractivity contribution in [2.75, 3.05) is 6.61 Å². The molecule has 0 fully saturated rings. The number of carbonyl (C=O) groups is 1. The fourth-order valence-electron chi connectivity index (χ4n) is 5.64. The summed E-state index contributed by atoms with van der Waals surface area (Å²) < 4.78 is 0. The molecule has 304 valence electrons. The number of aliphatic hydroxyl groups excluding tert-OH is 2. The van der Waals surface area contributed by atoms with Gasteiger partial charge in [-0.3, -0.25) is 4.79 Å². The van der Waals surface area contributed by atoms with Crippen LogP contribution in [0.1, 0.15) is 168 Å². The largest absolute Gasteiger partial charge is 0.394 e. The molecular weight excluding hydrogens is 663 g/mol. The molecule has 0 aromatic carbocycles. The number of carbonyl (C=O) groups excluding carboxylic acids is 1. The Bertz CT molecular complexity index is 1120. The van der Waals surface area contributed by atoms with Crippen molar-refractivity contribution in [3.05, 3.63) is 122 Å². The lowest BCUT2D eigenvalue weighted by molar-refractivity contribution is -0.123. The van der Waals surface area contributed by atoms with E-state index in [0.29, 0.717) is 6.42 Å². The summed E-state index contributed by atoms with van der Waals surface area (Å²) >= 11 is 0. The second-order valence-electron chi connectivity index (χ2n) is 14.0. The van der Waals surface area contributed by atoms with Crippen LogP contribution in [-0.2, 0) is 4.79 Å². The molecule has 1 amide bonds. The molecule has 0 saturated heterocycles. The third-order valence-electron chi connectivity index (χ3n) is 8.95. The molecule has 0 saturated carbocycles. The Morgan fingerprint density at radius 2 is 0.815 bits per heavy atom. The van der Waals surface area contributed by atoms with Crippen LogP contribution in [0.25, 0.3) is 0 Å². The quantitative estimate of drug-likeness (QED) is 0.0438. The van der Waals surface area contributed by atoms with Crippen LogP contribution < -0.4 is 5.32 Å². The number of nitrogens with one attached hydrogen (secondary N) is 1. The molecule has 0 aliphatic rings. The van der Waals surface area contributed by atoms with Crippen molar-refractivity contribution in [2.24, 2.45) is 0 Å². The molecule has 4 heteroatoms. The van der Waals surface area contributed by atoms with Gasteiger partial charge in [-0.05, 0) is 89.9 Å². The molecule has 4 nitrogen and oxygen atoms in total. The highest BCUT2D eigenvalue weighted by Gasteiger charge is 2.17. The molecule has 0 aromatic rings. The topological polar surface area (TPSA) is 69.6 Å². The predicted molar refractivity (Wildman–Crippen MR) is 239 cm³/mol. The van der Waals surface area contributed by atoms with Crippen molar-refractivity contribution in [1.29, 1.82) is 0 Å². The summed E-state index contributed by atoms with van der Waals surface area (Å²) in [6, 6.07) is -0.639. The van der Waals surface area contributed by atoms with E-state index in [-0.39, 0.29) is 12.5 Å². The molecule has 54 heavy (non-hydrogen) atoms. The number of aliphatic hydroxyl groups is 2. The summed E-state index contributed by atoms with van der Waals surface area (Å²) in [6.07, 6.45) is 68.8. The average Bonchev–Trinajstić information content (AvgIpc) is 3.18. The van der Waals surface area contributed by atoms with Gasteiger partial charge < -0.3 is 15.5 Å². The van der Waals surface area contributed by atoms with Gasteiger partial charge in [-0.25, -0.2) is 0 Å². The van der Waals surface area contributed by atoms with Crippen LogP contribution in [-0.4, -0.2) is 34.9 Å². The maximum atomic E-state index is 12.3. The van der Waals surface area contributed by atoms with Gasteiger partial charge in [0.05, 0.1) is 18.8 Å². The van der Waals surface area contributed by atoms with Crippen LogP contribution in [0.3, 0.4) is 0 Å². The third kappa shape index (κ3) is 40.0. The Morgan fingerprint density at radius 1 is 0.463 bits per heavy atom. The summed E-state index contributed by atoms with van der Waals surface area (Å²) in [4.78, 5) is 12.3. The van der Waals surface area contributed by atoms with Gasteiger partial charge >= 0.3 is 0 Å². The lowest BCUT2D eigenvalue weighted by Crippen LogP contribution is -2.45. The van der Waals surface area contributed by atoms with Gasteiger partial charge in [-0.2, -0.15) is 0 Å². The van der Waals surface area contributed by atoms with Crippen LogP contribution in [0, 0.1) is 0 Å². The van der Waals surface area contributed by atoms with Gasteiger partial charge in [0.1, 0.15) is 0 Å². The smallest absolute Gasteiger partial charge is 0.220 e. The summed E-state index contributed by atoms with van der Waals surface area (Å²) in [5, 5.41) is 22.8. The molecule has 0 aliphatic carbocycles. The zero-order chi connectivity index (χ0) is 39.3. The van der Waals surface area contributed by atoms with Gasteiger partial charge in [-0.1, -0.05) is 193 Å².